The van der Waals surface area contributed by atoms with Crippen molar-refractivity contribution in [1.82, 2.24) is 5.32 Å². The van der Waals surface area contributed by atoms with Crippen molar-refractivity contribution in [1.29, 1.82) is 0 Å². The predicted molar refractivity (Wildman–Crippen MR) is 88.0 cm³/mol. The van der Waals surface area contributed by atoms with Gasteiger partial charge >= 0.3 is 5.97 Å². The van der Waals surface area contributed by atoms with Crippen LogP contribution in [0.25, 0.3) is 0 Å². The maximum atomic E-state index is 12.0. The van der Waals surface area contributed by atoms with Crippen LogP contribution in [0.15, 0.2) is 18.2 Å². The summed E-state index contributed by atoms with van der Waals surface area (Å²) >= 11 is 5.94. The van der Waals surface area contributed by atoms with E-state index in [0.717, 1.165) is 18.5 Å². The molecule has 1 amide bonds. The molecule has 7 heteroatoms. The van der Waals surface area contributed by atoms with Crippen molar-refractivity contribution in [2.75, 3.05) is 19.0 Å². The molecule has 23 heavy (non-hydrogen) atoms. The summed E-state index contributed by atoms with van der Waals surface area (Å²) in [5.74, 6) is -0.817. The van der Waals surface area contributed by atoms with E-state index in [1.807, 2.05) is 0 Å². The van der Waals surface area contributed by atoms with Crippen LogP contribution >= 0.6 is 11.6 Å². The number of halogens is 1. The van der Waals surface area contributed by atoms with Gasteiger partial charge in [0, 0.05) is 24.0 Å². The highest BCUT2D eigenvalue weighted by Crippen LogP contribution is 2.28. The highest BCUT2D eigenvalue weighted by Gasteiger charge is 2.33. The average molecular weight is 341 g/mol. The Balaban J connectivity index is 1.81. The SMILES string of the molecule is COc1ccc(Cl)cc1NCCC(=O)N[C@@H]1CCC[C@@H]1C(=O)O. The van der Waals surface area contributed by atoms with E-state index >= 15 is 0 Å². The van der Waals surface area contributed by atoms with Crippen molar-refractivity contribution in [3.05, 3.63) is 23.2 Å². The van der Waals surface area contributed by atoms with E-state index in [1.165, 1.54) is 0 Å². The maximum Gasteiger partial charge on any atom is 0.308 e. The Morgan fingerprint density at radius 1 is 1.39 bits per heavy atom. The van der Waals surface area contributed by atoms with Crippen LogP contribution in [0.3, 0.4) is 0 Å². The largest absolute Gasteiger partial charge is 0.495 e. The molecular weight excluding hydrogens is 320 g/mol. The summed E-state index contributed by atoms with van der Waals surface area (Å²) in [4.78, 5) is 23.1. The van der Waals surface area contributed by atoms with Crippen molar-refractivity contribution < 1.29 is 19.4 Å². The van der Waals surface area contributed by atoms with Gasteiger partial charge in [0.1, 0.15) is 5.75 Å². The molecule has 0 radical (unpaired) electrons. The van der Waals surface area contributed by atoms with E-state index in [4.69, 9.17) is 21.4 Å². The molecule has 0 saturated heterocycles. The molecule has 1 aromatic rings. The first-order chi connectivity index (χ1) is 11.0. The minimum atomic E-state index is -0.838. The smallest absolute Gasteiger partial charge is 0.308 e. The number of carbonyl (C=O) groups excluding carboxylic acids is 1. The number of hydrogen-bond acceptors (Lipinski definition) is 4. The summed E-state index contributed by atoms with van der Waals surface area (Å²) < 4.78 is 5.22. The molecule has 0 aliphatic heterocycles. The van der Waals surface area contributed by atoms with Gasteiger partial charge in [-0.1, -0.05) is 18.0 Å². The molecule has 1 aliphatic carbocycles. The number of carboxylic acids is 1. The second-order valence-electron chi connectivity index (χ2n) is 5.57. The normalized spacial score (nSPS) is 20.1. The van der Waals surface area contributed by atoms with Crippen molar-refractivity contribution in [2.45, 2.75) is 31.7 Å². The Morgan fingerprint density at radius 3 is 2.87 bits per heavy atom. The van der Waals surface area contributed by atoms with E-state index in [9.17, 15) is 9.59 Å². The monoisotopic (exact) mass is 340 g/mol. The molecule has 2 atom stereocenters. The quantitative estimate of drug-likeness (QED) is 0.710. The molecule has 0 heterocycles. The molecule has 1 aromatic carbocycles. The van der Waals surface area contributed by atoms with Gasteiger partial charge in [-0.3, -0.25) is 9.59 Å². The highest BCUT2D eigenvalue weighted by molar-refractivity contribution is 6.30. The molecule has 126 valence electrons. The Kier molecular flexibility index (Phi) is 6.10. The summed E-state index contributed by atoms with van der Waals surface area (Å²) in [6.45, 7) is 0.410. The fourth-order valence-corrected chi connectivity index (χ4v) is 3.01. The molecule has 3 N–H and O–H groups in total. The third kappa shape index (κ3) is 4.76. The number of anilines is 1. The third-order valence-corrected chi connectivity index (χ3v) is 4.24. The van der Waals surface area contributed by atoms with E-state index in [2.05, 4.69) is 10.6 Å². The Hall–Kier alpha value is -1.95. The zero-order valence-electron chi connectivity index (χ0n) is 13.0. The number of carbonyl (C=O) groups is 2. The van der Waals surface area contributed by atoms with Gasteiger partial charge in [0.05, 0.1) is 18.7 Å². The molecule has 0 aromatic heterocycles. The van der Waals surface area contributed by atoms with Gasteiger partial charge in [-0.15, -0.1) is 0 Å². The molecule has 1 saturated carbocycles. The molecular formula is C16H21ClN2O4. The minimum absolute atomic E-state index is 0.156. The van der Waals surface area contributed by atoms with Crippen molar-refractivity contribution in [3.63, 3.8) is 0 Å². The lowest BCUT2D eigenvalue weighted by Gasteiger charge is -2.18. The zero-order chi connectivity index (χ0) is 16.8. The maximum absolute atomic E-state index is 12.0. The van der Waals surface area contributed by atoms with Crippen molar-refractivity contribution in [2.24, 2.45) is 5.92 Å². The standard InChI is InChI=1S/C16H21ClN2O4/c1-23-14-6-5-10(17)9-13(14)18-8-7-15(20)19-12-4-2-3-11(12)16(21)22/h5-6,9,11-12,18H,2-4,7-8H2,1H3,(H,19,20)(H,21,22)/t11-,12+/m0/s1. The lowest BCUT2D eigenvalue weighted by atomic mass is 10.0. The molecule has 1 fully saturated rings. The third-order valence-electron chi connectivity index (χ3n) is 4.01. The number of nitrogens with one attached hydrogen (secondary N) is 2. The number of rotatable bonds is 7. The number of aliphatic carboxylic acids is 1. The molecule has 0 bridgehead atoms. The van der Waals surface area contributed by atoms with Crippen LogP contribution in [0, 0.1) is 5.92 Å². The predicted octanol–water partition coefficient (Wildman–Crippen LogP) is 2.52. The van der Waals surface area contributed by atoms with Gasteiger partial charge in [-0.25, -0.2) is 0 Å². The van der Waals surface area contributed by atoms with Gasteiger partial charge in [0.2, 0.25) is 5.91 Å². The number of benzene rings is 1. The van der Waals surface area contributed by atoms with Crippen LogP contribution in [-0.4, -0.2) is 36.7 Å². The lowest BCUT2D eigenvalue weighted by molar-refractivity contribution is -0.142. The molecule has 0 unspecified atom stereocenters. The molecule has 0 spiro atoms. The Morgan fingerprint density at radius 2 is 2.17 bits per heavy atom. The number of methoxy groups -OCH3 is 1. The van der Waals surface area contributed by atoms with Crippen molar-refractivity contribution in [3.8, 4) is 5.75 Å². The second-order valence-corrected chi connectivity index (χ2v) is 6.01. The van der Waals surface area contributed by atoms with Gasteiger partial charge in [0.25, 0.3) is 0 Å². The van der Waals surface area contributed by atoms with Gasteiger partial charge in [0.15, 0.2) is 0 Å². The van der Waals surface area contributed by atoms with Crippen LogP contribution in [0.2, 0.25) is 5.02 Å². The zero-order valence-corrected chi connectivity index (χ0v) is 13.7. The second kappa shape index (κ2) is 8.06. The van der Waals surface area contributed by atoms with E-state index in [1.54, 1.807) is 25.3 Å². The first kappa shape index (κ1) is 17.4. The number of ether oxygens (including phenoxy) is 1. The van der Waals surface area contributed by atoms with Gasteiger partial charge in [-0.05, 0) is 31.0 Å². The summed E-state index contributed by atoms with van der Waals surface area (Å²) in [5.41, 5.74) is 0.720. The van der Waals surface area contributed by atoms with Crippen molar-refractivity contribution >= 4 is 29.2 Å². The van der Waals surface area contributed by atoms with E-state index in [0.29, 0.717) is 23.7 Å². The fourth-order valence-electron chi connectivity index (χ4n) is 2.84. The van der Waals surface area contributed by atoms with Gasteiger partial charge in [-0.2, -0.15) is 0 Å². The van der Waals surface area contributed by atoms with E-state index in [-0.39, 0.29) is 18.4 Å². The van der Waals surface area contributed by atoms with Crippen LogP contribution < -0.4 is 15.4 Å². The summed E-state index contributed by atoms with van der Waals surface area (Å²) in [6, 6.07) is 4.95. The summed E-state index contributed by atoms with van der Waals surface area (Å²) in [6.07, 6.45) is 2.43. The Bertz CT molecular complexity index is 579. The van der Waals surface area contributed by atoms with Crippen LogP contribution in [0.5, 0.6) is 5.75 Å². The number of hydrogen-bond donors (Lipinski definition) is 3. The van der Waals surface area contributed by atoms with Gasteiger partial charge < -0.3 is 20.5 Å². The molecule has 1 aliphatic rings. The topological polar surface area (TPSA) is 87.7 Å². The van der Waals surface area contributed by atoms with E-state index < -0.39 is 11.9 Å². The lowest BCUT2D eigenvalue weighted by Crippen LogP contribution is -2.40. The van der Waals surface area contributed by atoms with Crippen LogP contribution in [0.4, 0.5) is 5.69 Å². The molecule has 6 nitrogen and oxygen atoms in total. The minimum Gasteiger partial charge on any atom is -0.495 e. The van der Waals surface area contributed by atoms with Crippen LogP contribution in [0.1, 0.15) is 25.7 Å². The fraction of sp³-hybridized carbons (Fsp3) is 0.500. The summed E-state index contributed by atoms with van der Waals surface area (Å²) in [7, 11) is 1.56. The number of amides is 1. The Labute approximate surface area is 140 Å². The average Bonchev–Trinajstić information content (AvgIpc) is 2.95. The summed E-state index contributed by atoms with van der Waals surface area (Å²) in [5, 5.41) is 15.6. The first-order valence-electron chi connectivity index (χ1n) is 7.61. The molecule has 2 rings (SSSR count). The highest BCUT2D eigenvalue weighted by atomic mass is 35.5. The first-order valence-corrected chi connectivity index (χ1v) is 7.98. The number of carboxylic acid groups (broad SMARTS) is 1. The van der Waals surface area contributed by atoms with Crippen LogP contribution in [-0.2, 0) is 9.59 Å².